The molecule has 2 heterocycles. The molecule has 0 radical (unpaired) electrons. The maximum atomic E-state index is 12.7. The summed E-state index contributed by atoms with van der Waals surface area (Å²) in [6.45, 7) is 3.48. The molecule has 2 atom stereocenters. The van der Waals surface area contributed by atoms with Gasteiger partial charge in [0.25, 0.3) is 0 Å². The molecule has 2 aliphatic heterocycles. The topological polar surface area (TPSA) is 87.2 Å². The van der Waals surface area contributed by atoms with Gasteiger partial charge in [-0.05, 0) is 57.4 Å². The quantitative estimate of drug-likeness (QED) is 0.593. The van der Waals surface area contributed by atoms with E-state index in [1.165, 1.54) is 19.2 Å². The van der Waals surface area contributed by atoms with E-state index in [0.29, 0.717) is 5.75 Å². The van der Waals surface area contributed by atoms with Crippen molar-refractivity contribution in [3.8, 4) is 5.75 Å². The van der Waals surface area contributed by atoms with E-state index in [-0.39, 0.29) is 23.7 Å². The van der Waals surface area contributed by atoms with Gasteiger partial charge in [-0.3, -0.25) is 14.4 Å². The Balaban J connectivity index is 1.78. The van der Waals surface area contributed by atoms with Crippen LogP contribution in [0.5, 0.6) is 5.75 Å². The molecule has 1 aromatic rings. The molecule has 0 bridgehead atoms. The maximum Gasteiger partial charge on any atom is 0.339 e. The Morgan fingerprint density at radius 1 is 1.04 bits per heavy atom. The molecule has 8 heteroatoms. The molecule has 2 aliphatic rings. The first-order chi connectivity index (χ1) is 12.8. The van der Waals surface area contributed by atoms with Crippen molar-refractivity contribution < 1.29 is 23.9 Å². The predicted molar refractivity (Wildman–Crippen MR) is 97.2 cm³/mol. The van der Waals surface area contributed by atoms with Crippen molar-refractivity contribution in [1.82, 2.24) is 9.80 Å². The minimum absolute atomic E-state index is 0.0439. The normalized spacial score (nSPS) is 23.2. The van der Waals surface area contributed by atoms with E-state index in [1.807, 2.05) is 13.8 Å². The van der Waals surface area contributed by atoms with Crippen molar-refractivity contribution >= 4 is 29.4 Å². The van der Waals surface area contributed by atoms with E-state index in [2.05, 4.69) is 0 Å². The van der Waals surface area contributed by atoms with Crippen LogP contribution < -0.4 is 9.64 Å². The number of imide groups is 2. The third-order valence-electron chi connectivity index (χ3n) is 5.16. The van der Waals surface area contributed by atoms with Crippen molar-refractivity contribution in [2.24, 2.45) is 0 Å². The molecule has 1 aromatic carbocycles. The fraction of sp³-hybridized carbons (Fsp3) is 0.474. The summed E-state index contributed by atoms with van der Waals surface area (Å²) in [5.41, 5.74) is 0.258. The number of carbonyl (C=O) groups excluding carboxylic acids is 4. The van der Waals surface area contributed by atoms with Crippen molar-refractivity contribution in [3.63, 3.8) is 0 Å². The highest BCUT2D eigenvalue weighted by atomic mass is 16.5. The highest BCUT2D eigenvalue weighted by Crippen LogP contribution is 2.26. The van der Waals surface area contributed by atoms with Crippen molar-refractivity contribution in [2.75, 3.05) is 18.6 Å². The fourth-order valence-electron chi connectivity index (χ4n) is 3.73. The lowest BCUT2D eigenvalue weighted by atomic mass is 9.97. The molecule has 0 saturated carbocycles. The number of rotatable bonds is 4. The first kappa shape index (κ1) is 18.9. The summed E-state index contributed by atoms with van der Waals surface area (Å²) in [5.74, 6) is -1.70. The molecule has 0 aliphatic carbocycles. The summed E-state index contributed by atoms with van der Waals surface area (Å²) in [4.78, 5) is 53.3. The standard InChI is InChI=1S/C19H23N3O5/c1-12-5-4-6-13(2)21(12)16(23)11-20-17(24)18(25)22(19(20)26)14-7-9-15(27-3)10-8-14/h7-10,12-13H,4-6,11H2,1-3H3/t12-,13-/m0/s1. The van der Waals surface area contributed by atoms with Crippen LogP contribution in [0.3, 0.4) is 0 Å². The number of urea groups is 1. The summed E-state index contributed by atoms with van der Waals surface area (Å²) in [5, 5.41) is 0. The number of ether oxygens (including phenoxy) is 1. The zero-order chi connectivity index (χ0) is 19.7. The van der Waals surface area contributed by atoms with Gasteiger partial charge in [0.2, 0.25) is 5.91 Å². The SMILES string of the molecule is COc1ccc(N2C(=O)C(=O)N(CC(=O)N3[C@@H](C)CCC[C@@H]3C)C2=O)cc1. The van der Waals surface area contributed by atoms with Gasteiger partial charge in [0.15, 0.2) is 0 Å². The number of methoxy groups -OCH3 is 1. The minimum atomic E-state index is -0.985. The number of carbonyl (C=O) groups is 4. The van der Waals surface area contributed by atoms with Gasteiger partial charge >= 0.3 is 17.8 Å². The van der Waals surface area contributed by atoms with Crippen molar-refractivity contribution in [1.29, 1.82) is 0 Å². The number of likely N-dealkylation sites (tertiary alicyclic amines) is 1. The van der Waals surface area contributed by atoms with E-state index < -0.39 is 24.4 Å². The van der Waals surface area contributed by atoms with Gasteiger partial charge in [0.1, 0.15) is 12.3 Å². The lowest BCUT2D eigenvalue weighted by Gasteiger charge is -2.39. The lowest BCUT2D eigenvalue weighted by Crippen LogP contribution is -2.52. The molecule has 27 heavy (non-hydrogen) atoms. The largest absolute Gasteiger partial charge is 0.497 e. The van der Waals surface area contributed by atoms with Crippen LogP contribution in [0.25, 0.3) is 0 Å². The Labute approximate surface area is 157 Å². The number of hydrogen-bond donors (Lipinski definition) is 0. The van der Waals surface area contributed by atoms with E-state index >= 15 is 0 Å². The smallest absolute Gasteiger partial charge is 0.339 e. The highest BCUT2D eigenvalue weighted by molar-refractivity contribution is 6.53. The van der Waals surface area contributed by atoms with Crippen LogP contribution in [0, 0.1) is 0 Å². The second-order valence-corrected chi connectivity index (χ2v) is 6.94. The van der Waals surface area contributed by atoms with Crippen molar-refractivity contribution in [2.45, 2.75) is 45.2 Å². The van der Waals surface area contributed by atoms with Gasteiger partial charge in [-0.25, -0.2) is 14.6 Å². The monoisotopic (exact) mass is 373 g/mol. The van der Waals surface area contributed by atoms with Crippen LogP contribution in [-0.4, -0.2) is 59.3 Å². The maximum absolute atomic E-state index is 12.7. The molecule has 2 saturated heterocycles. The molecule has 5 amide bonds. The summed E-state index contributed by atoms with van der Waals surface area (Å²) in [6, 6.07) is 5.49. The molecular formula is C19H23N3O5. The first-order valence-electron chi connectivity index (χ1n) is 9.00. The number of benzene rings is 1. The fourth-order valence-corrected chi connectivity index (χ4v) is 3.73. The number of piperidine rings is 1. The van der Waals surface area contributed by atoms with E-state index in [4.69, 9.17) is 4.74 Å². The van der Waals surface area contributed by atoms with E-state index in [0.717, 1.165) is 29.1 Å². The Hall–Kier alpha value is -2.90. The van der Waals surface area contributed by atoms with Gasteiger partial charge in [-0.2, -0.15) is 0 Å². The molecule has 3 rings (SSSR count). The van der Waals surface area contributed by atoms with E-state index in [1.54, 1.807) is 17.0 Å². The Bertz CT molecular complexity index is 766. The van der Waals surface area contributed by atoms with Gasteiger partial charge in [-0.1, -0.05) is 0 Å². The van der Waals surface area contributed by atoms with Gasteiger partial charge < -0.3 is 9.64 Å². The van der Waals surface area contributed by atoms with Crippen LogP contribution in [0.15, 0.2) is 24.3 Å². The summed E-state index contributed by atoms with van der Waals surface area (Å²) < 4.78 is 5.05. The number of hydrogen-bond acceptors (Lipinski definition) is 5. The first-order valence-corrected chi connectivity index (χ1v) is 9.00. The molecule has 8 nitrogen and oxygen atoms in total. The second kappa shape index (κ2) is 7.38. The van der Waals surface area contributed by atoms with Gasteiger partial charge in [-0.15, -0.1) is 0 Å². The Kier molecular flexibility index (Phi) is 5.16. The zero-order valence-electron chi connectivity index (χ0n) is 15.7. The molecule has 0 N–H and O–H groups in total. The molecule has 0 unspecified atom stereocenters. The lowest BCUT2D eigenvalue weighted by molar-refractivity contribution is -0.144. The van der Waals surface area contributed by atoms with Crippen LogP contribution in [0.4, 0.5) is 10.5 Å². The summed E-state index contributed by atoms with van der Waals surface area (Å²) >= 11 is 0. The van der Waals surface area contributed by atoms with Gasteiger partial charge in [0, 0.05) is 12.1 Å². The number of nitrogens with zero attached hydrogens (tertiary/aromatic N) is 3. The molecule has 144 valence electrons. The second-order valence-electron chi connectivity index (χ2n) is 6.94. The molecule has 0 spiro atoms. The minimum Gasteiger partial charge on any atom is -0.497 e. The van der Waals surface area contributed by atoms with Crippen LogP contribution in [-0.2, 0) is 14.4 Å². The summed E-state index contributed by atoms with van der Waals surface area (Å²) in [6.07, 6.45) is 2.81. The summed E-state index contributed by atoms with van der Waals surface area (Å²) in [7, 11) is 1.50. The molecule has 2 fully saturated rings. The third kappa shape index (κ3) is 3.39. The molecule has 0 aromatic heterocycles. The van der Waals surface area contributed by atoms with Crippen molar-refractivity contribution in [3.05, 3.63) is 24.3 Å². The Morgan fingerprint density at radius 3 is 2.19 bits per heavy atom. The van der Waals surface area contributed by atoms with Crippen LogP contribution in [0.1, 0.15) is 33.1 Å². The average Bonchev–Trinajstić information content (AvgIpc) is 2.85. The Morgan fingerprint density at radius 2 is 1.63 bits per heavy atom. The van der Waals surface area contributed by atoms with Gasteiger partial charge in [0.05, 0.1) is 12.8 Å². The zero-order valence-corrected chi connectivity index (χ0v) is 15.7. The highest BCUT2D eigenvalue weighted by Gasteiger charge is 2.47. The van der Waals surface area contributed by atoms with Crippen LogP contribution >= 0.6 is 0 Å². The van der Waals surface area contributed by atoms with E-state index in [9.17, 15) is 19.2 Å². The number of anilines is 1. The molecular weight excluding hydrogens is 350 g/mol. The average molecular weight is 373 g/mol. The third-order valence-corrected chi connectivity index (χ3v) is 5.16. The van der Waals surface area contributed by atoms with Crippen LogP contribution in [0.2, 0.25) is 0 Å². The number of amides is 5. The predicted octanol–water partition coefficient (Wildman–Crippen LogP) is 1.78.